The van der Waals surface area contributed by atoms with E-state index in [1.165, 1.54) is 0 Å². The summed E-state index contributed by atoms with van der Waals surface area (Å²) in [4.78, 5) is 0. The highest BCUT2D eigenvalue weighted by molar-refractivity contribution is 5.74. The van der Waals surface area contributed by atoms with Gasteiger partial charge in [0.1, 0.15) is 17.4 Å². The maximum Gasteiger partial charge on any atom is 0.233 e. The molecule has 5 nitrogen and oxygen atoms in total. The molecule has 0 fully saturated rings. The first-order chi connectivity index (χ1) is 15.1. The monoisotopic (exact) mass is 415 g/mol. The lowest BCUT2D eigenvalue weighted by Gasteiger charge is -2.39. The summed E-state index contributed by atoms with van der Waals surface area (Å²) >= 11 is 0. The highest BCUT2D eigenvalue weighted by Crippen LogP contribution is 2.40. The Morgan fingerprint density at radius 1 is 0.935 bits per heavy atom. The number of hydrogen-bond acceptors (Lipinski definition) is 4. The first-order valence-corrected chi connectivity index (χ1v) is 10.9. The molecule has 0 aliphatic rings. The van der Waals surface area contributed by atoms with Crippen LogP contribution in [0.3, 0.4) is 0 Å². The van der Waals surface area contributed by atoms with Crippen LogP contribution in [0.4, 0.5) is 0 Å². The number of fused-ring (bicyclic) bond motifs is 1. The van der Waals surface area contributed by atoms with Gasteiger partial charge in [0.15, 0.2) is 0 Å². The predicted octanol–water partition coefficient (Wildman–Crippen LogP) is 5.79. The summed E-state index contributed by atoms with van der Waals surface area (Å²) in [5, 5.41) is 20.7. The van der Waals surface area contributed by atoms with E-state index >= 15 is 0 Å². The van der Waals surface area contributed by atoms with E-state index in [2.05, 4.69) is 17.2 Å². The molecule has 2 unspecified atom stereocenters. The minimum Gasteiger partial charge on any atom is -0.463 e. The second-order valence-electron chi connectivity index (χ2n) is 8.02. The molecule has 1 heterocycles. The number of ether oxygens (including phenoxy) is 1. The van der Waals surface area contributed by atoms with Crippen LogP contribution in [0.25, 0.3) is 11.0 Å². The van der Waals surface area contributed by atoms with Crippen molar-refractivity contribution in [1.29, 1.82) is 0 Å². The van der Waals surface area contributed by atoms with E-state index in [1.54, 1.807) is 4.68 Å². The standard InChI is InChI=1S/C26H29N3O2/c1-3-4-10-19-26(31-22-11-6-5-7-12-22,25(30)21-17-15-20(2)16-18-21)29-24-14-9-8-13-23(24)27-28-29/h5-9,11-18,25,30H,3-4,10,19H2,1-2H3. The Bertz CT molecular complexity index is 1110. The van der Waals surface area contributed by atoms with Gasteiger partial charge in [0.05, 0.1) is 5.52 Å². The molecule has 0 bridgehead atoms. The van der Waals surface area contributed by atoms with Gasteiger partial charge in [0.25, 0.3) is 0 Å². The van der Waals surface area contributed by atoms with Crippen LogP contribution < -0.4 is 4.74 Å². The molecule has 5 heteroatoms. The molecule has 0 aliphatic carbocycles. The van der Waals surface area contributed by atoms with Gasteiger partial charge in [-0.05, 0) is 43.2 Å². The number of unbranched alkanes of at least 4 members (excludes halogenated alkanes) is 2. The molecule has 0 spiro atoms. The van der Waals surface area contributed by atoms with Crippen molar-refractivity contribution in [2.75, 3.05) is 0 Å². The Labute approximate surface area is 183 Å². The van der Waals surface area contributed by atoms with Gasteiger partial charge in [-0.25, -0.2) is 0 Å². The highest BCUT2D eigenvalue weighted by atomic mass is 16.5. The van der Waals surface area contributed by atoms with Crippen LogP contribution in [-0.2, 0) is 5.72 Å². The molecule has 4 rings (SSSR count). The lowest BCUT2D eigenvalue weighted by atomic mass is 9.92. The van der Waals surface area contributed by atoms with Crippen LogP contribution in [0.2, 0.25) is 0 Å². The van der Waals surface area contributed by atoms with E-state index in [4.69, 9.17) is 4.74 Å². The predicted molar refractivity (Wildman–Crippen MR) is 123 cm³/mol. The molecule has 0 amide bonds. The van der Waals surface area contributed by atoms with E-state index in [0.717, 1.165) is 41.4 Å². The zero-order valence-corrected chi connectivity index (χ0v) is 18.1. The Kier molecular flexibility index (Phi) is 6.33. The molecular formula is C26H29N3O2. The fourth-order valence-electron chi connectivity index (χ4n) is 3.99. The quantitative estimate of drug-likeness (QED) is 0.352. The fourth-order valence-corrected chi connectivity index (χ4v) is 3.99. The van der Waals surface area contributed by atoms with E-state index in [1.807, 2.05) is 85.8 Å². The number of rotatable bonds is 9. The van der Waals surface area contributed by atoms with Crippen molar-refractivity contribution in [3.8, 4) is 5.75 Å². The number of benzene rings is 3. The van der Waals surface area contributed by atoms with Gasteiger partial charge in [-0.3, -0.25) is 0 Å². The van der Waals surface area contributed by atoms with Crippen molar-refractivity contribution in [3.05, 3.63) is 90.0 Å². The van der Waals surface area contributed by atoms with E-state index in [9.17, 15) is 5.11 Å². The van der Waals surface area contributed by atoms with Crippen LogP contribution in [0, 0.1) is 6.92 Å². The molecule has 0 saturated heterocycles. The maximum atomic E-state index is 11.8. The molecule has 1 aromatic heterocycles. The van der Waals surface area contributed by atoms with Crippen LogP contribution in [0.15, 0.2) is 78.9 Å². The zero-order chi connectivity index (χ0) is 21.7. The summed E-state index contributed by atoms with van der Waals surface area (Å²) < 4.78 is 8.43. The molecular weight excluding hydrogens is 386 g/mol. The van der Waals surface area contributed by atoms with Crippen LogP contribution >= 0.6 is 0 Å². The largest absolute Gasteiger partial charge is 0.463 e. The van der Waals surface area contributed by atoms with Crippen molar-refractivity contribution in [2.24, 2.45) is 0 Å². The summed E-state index contributed by atoms with van der Waals surface area (Å²) in [6, 6.07) is 25.4. The van der Waals surface area contributed by atoms with Gasteiger partial charge in [-0.15, -0.1) is 5.10 Å². The average molecular weight is 416 g/mol. The summed E-state index contributed by atoms with van der Waals surface area (Å²) in [6.45, 7) is 4.21. The molecule has 4 aromatic rings. The van der Waals surface area contributed by atoms with E-state index < -0.39 is 11.8 Å². The minimum atomic E-state index is -1.14. The highest BCUT2D eigenvalue weighted by Gasteiger charge is 2.45. The van der Waals surface area contributed by atoms with Gasteiger partial charge in [-0.2, -0.15) is 4.68 Å². The molecule has 2 atom stereocenters. The van der Waals surface area contributed by atoms with Gasteiger partial charge in [-0.1, -0.05) is 85.1 Å². The fraction of sp³-hybridized carbons (Fsp3) is 0.308. The number of hydrogen-bond donors (Lipinski definition) is 1. The number of aliphatic hydroxyl groups is 1. The Hall–Kier alpha value is -3.18. The molecule has 3 aromatic carbocycles. The third kappa shape index (κ3) is 4.32. The summed E-state index contributed by atoms with van der Waals surface area (Å²) in [5.74, 6) is 0.685. The second-order valence-corrected chi connectivity index (χ2v) is 8.02. The molecule has 0 saturated carbocycles. The lowest BCUT2D eigenvalue weighted by Crippen LogP contribution is -2.46. The van der Waals surface area contributed by atoms with Crippen LogP contribution in [-0.4, -0.2) is 20.1 Å². The number of para-hydroxylation sites is 2. The summed E-state index contributed by atoms with van der Waals surface area (Å²) in [5.41, 5.74) is 2.40. The van der Waals surface area contributed by atoms with Crippen LogP contribution in [0.1, 0.15) is 49.8 Å². The minimum absolute atomic E-state index is 0.595. The molecule has 31 heavy (non-hydrogen) atoms. The van der Waals surface area contributed by atoms with Crippen molar-refractivity contribution < 1.29 is 9.84 Å². The van der Waals surface area contributed by atoms with Gasteiger partial charge in [0, 0.05) is 6.42 Å². The molecule has 1 N–H and O–H groups in total. The van der Waals surface area contributed by atoms with Crippen molar-refractivity contribution in [1.82, 2.24) is 15.0 Å². The third-order valence-electron chi connectivity index (χ3n) is 5.71. The Balaban J connectivity index is 1.89. The number of aliphatic hydroxyl groups excluding tert-OH is 1. The first kappa shape index (κ1) is 21.1. The summed E-state index contributed by atoms with van der Waals surface area (Å²) in [7, 11) is 0. The van der Waals surface area contributed by atoms with Crippen molar-refractivity contribution in [3.63, 3.8) is 0 Å². The molecule has 160 valence electrons. The first-order valence-electron chi connectivity index (χ1n) is 10.9. The SMILES string of the molecule is CCCCCC(Oc1ccccc1)(C(O)c1ccc(C)cc1)n1nnc2ccccc21. The third-order valence-corrected chi connectivity index (χ3v) is 5.71. The Morgan fingerprint density at radius 2 is 1.65 bits per heavy atom. The van der Waals surface area contributed by atoms with Crippen molar-refractivity contribution in [2.45, 2.75) is 51.4 Å². The normalized spacial score (nSPS) is 14.3. The maximum absolute atomic E-state index is 11.8. The van der Waals surface area contributed by atoms with Gasteiger partial charge < -0.3 is 9.84 Å². The van der Waals surface area contributed by atoms with E-state index in [0.29, 0.717) is 12.2 Å². The van der Waals surface area contributed by atoms with Crippen LogP contribution in [0.5, 0.6) is 5.75 Å². The number of nitrogens with zero attached hydrogens (tertiary/aromatic N) is 3. The average Bonchev–Trinajstić information content (AvgIpc) is 3.24. The second kappa shape index (κ2) is 9.31. The number of aryl methyl sites for hydroxylation is 1. The molecule has 0 radical (unpaired) electrons. The van der Waals surface area contributed by atoms with Gasteiger partial charge in [0.2, 0.25) is 5.72 Å². The lowest BCUT2D eigenvalue weighted by molar-refractivity contribution is -0.129. The number of aromatic nitrogens is 3. The topological polar surface area (TPSA) is 60.2 Å². The van der Waals surface area contributed by atoms with Crippen molar-refractivity contribution >= 4 is 11.0 Å². The van der Waals surface area contributed by atoms with E-state index in [-0.39, 0.29) is 0 Å². The zero-order valence-electron chi connectivity index (χ0n) is 18.1. The Morgan fingerprint density at radius 3 is 2.39 bits per heavy atom. The smallest absolute Gasteiger partial charge is 0.233 e. The molecule has 0 aliphatic heterocycles. The van der Waals surface area contributed by atoms with Gasteiger partial charge >= 0.3 is 0 Å². The summed E-state index contributed by atoms with van der Waals surface area (Å²) in [6.07, 6.45) is 2.65.